The molecule has 0 aliphatic carbocycles. The molecule has 8 heteroatoms. The molecule has 0 amide bonds. The number of rotatable bonds is 7. The summed E-state index contributed by atoms with van der Waals surface area (Å²) < 4.78 is 11.4. The van der Waals surface area contributed by atoms with Crippen molar-refractivity contribution < 1.29 is 9.47 Å². The fourth-order valence-electron chi connectivity index (χ4n) is 2.22. The van der Waals surface area contributed by atoms with Gasteiger partial charge in [-0.15, -0.1) is 5.10 Å². The third-order valence-corrected chi connectivity index (χ3v) is 3.57. The molecule has 0 fully saturated rings. The summed E-state index contributed by atoms with van der Waals surface area (Å²) in [4.78, 5) is 0. The molecule has 0 spiro atoms. The normalized spacial score (nSPS) is 10.4. The van der Waals surface area contributed by atoms with Gasteiger partial charge in [-0.1, -0.05) is 41.0 Å². The lowest BCUT2D eigenvalue weighted by molar-refractivity contribution is 0.281. The number of ether oxygens (including phenoxy) is 2. The Morgan fingerprint density at radius 3 is 2.83 bits per heavy atom. The lowest BCUT2D eigenvalue weighted by Crippen LogP contribution is -2.06. The fraction of sp³-hybridized carbons (Fsp3) is 0.188. The van der Waals surface area contributed by atoms with Crippen LogP contribution in [0, 0.1) is 0 Å². The summed E-state index contributed by atoms with van der Waals surface area (Å²) >= 11 is 6.01. The van der Waals surface area contributed by atoms with Gasteiger partial charge in [-0.3, -0.25) is 0 Å². The maximum atomic E-state index is 6.01. The van der Waals surface area contributed by atoms with E-state index in [0.717, 1.165) is 11.1 Å². The number of hydrogen-bond donors (Lipinski definition) is 2. The number of para-hydroxylation sites is 1. The Labute approximate surface area is 143 Å². The molecule has 3 rings (SSSR count). The van der Waals surface area contributed by atoms with Crippen molar-refractivity contribution in [3.05, 3.63) is 58.6 Å². The topological polar surface area (TPSA) is 85.0 Å². The molecular weight excluding hydrogens is 330 g/mol. The quantitative estimate of drug-likeness (QED) is 0.684. The van der Waals surface area contributed by atoms with Gasteiger partial charge in [0.05, 0.1) is 7.11 Å². The first-order valence-corrected chi connectivity index (χ1v) is 7.64. The number of nitrogens with zero attached hydrogens (tertiary/aromatic N) is 3. The number of tetrazole rings is 1. The summed E-state index contributed by atoms with van der Waals surface area (Å²) in [5.41, 5.74) is 1.90. The first kappa shape index (κ1) is 16.1. The van der Waals surface area contributed by atoms with Crippen molar-refractivity contribution in [3.63, 3.8) is 0 Å². The SMILES string of the molecule is COc1cccc(CNc2nn[nH]n2)c1OCc1cccc(Cl)c1. The Balaban J connectivity index is 1.76. The van der Waals surface area contributed by atoms with E-state index in [1.54, 1.807) is 7.11 Å². The van der Waals surface area contributed by atoms with Gasteiger partial charge in [-0.05, 0) is 29.0 Å². The van der Waals surface area contributed by atoms with E-state index in [4.69, 9.17) is 21.1 Å². The highest BCUT2D eigenvalue weighted by atomic mass is 35.5. The van der Waals surface area contributed by atoms with E-state index in [-0.39, 0.29) is 0 Å². The second kappa shape index (κ2) is 7.65. The molecule has 0 saturated heterocycles. The zero-order valence-electron chi connectivity index (χ0n) is 13.0. The van der Waals surface area contributed by atoms with Crippen LogP contribution < -0.4 is 14.8 Å². The molecule has 124 valence electrons. The molecule has 0 unspecified atom stereocenters. The first-order chi connectivity index (χ1) is 11.8. The monoisotopic (exact) mass is 345 g/mol. The van der Waals surface area contributed by atoms with E-state index in [1.165, 1.54) is 0 Å². The van der Waals surface area contributed by atoms with Crippen molar-refractivity contribution in [1.29, 1.82) is 0 Å². The van der Waals surface area contributed by atoms with Gasteiger partial charge in [0.1, 0.15) is 6.61 Å². The van der Waals surface area contributed by atoms with Crippen LogP contribution in [0.15, 0.2) is 42.5 Å². The number of methoxy groups -OCH3 is 1. The average Bonchev–Trinajstić information content (AvgIpc) is 3.12. The van der Waals surface area contributed by atoms with Crippen LogP contribution >= 0.6 is 11.6 Å². The van der Waals surface area contributed by atoms with Gasteiger partial charge in [0.25, 0.3) is 5.95 Å². The maximum Gasteiger partial charge on any atom is 0.263 e. The third kappa shape index (κ3) is 3.94. The fourth-order valence-corrected chi connectivity index (χ4v) is 2.43. The predicted molar refractivity (Wildman–Crippen MR) is 90.3 cm³/mol. The van der Waals surface area contributed by atoms with Crippen molar-refractivity contribution in [2.75, 3.05) is 12.4 Å². The van der Waals surface area contributed by atoms with Crippen molar-refractivity contribution in [2.24, 2.45) is 0 Å². The van der Waals surface area contributed by atoms with Crippen LogP contribution in [0.25, 0.3) is 0 Å². The van der Waals surface area contributed by atoms with Crippen LogP contribution in [-0.2, 0) is 13.2 Å². The molecule has 1 aromatic heterocycles. The third-order valence-electron chi connectivity index (χ3n) is 3.33. The van der Waals surface area contributed by atoms with Crippen LogP contribution in [0.1, 0.15) is 11.1 Å². The van der Waals surface area contributed by atoms with Gasteiger partial charge in [0.15, 0.2) is 11.5 Å². The highest BCUT2D eigenvalue weighted by Gasteiger charge is 2.12. The summed E-state index contributed by atoms with van der Waals surface area (Å²) in [6.45, 7) is 0.859. The Hall–Kier alpha value is -2.80. The van der Waals surface area contributed by atoms with Crippen molar-refractivity contribution in [1.82, 2.24) is 20.6 Å². The molecular formula is C16H16ClN5O2. The molecule has 0 atom stereocenters. The van der Waals surface area contributed by atoms with Crippen LogP contribution in [0.3, 0.4) is 0 Å². The molecule has 0 aliphatic heterocycles. The molecule has 3 aromatic rings. The summed E-state index contributed by atoms with van der Waals surface area (Å²) in [5, 5.41) is 17.4. The molecule has 2 N–H and O–H groups in total. The second-order valence-electron chi connectivity index (χ2n) is 4.96. The van der Waals surface area contributed by atoms with Gasteiger partial charge >= 0.3 is 0 Å². The van der Waals surface area contributed by atoms with Crippen LogP contribution in [-0.4, -0.2) is 27.7 Å². The van der Waals surface area contributed by atoms with E-state index < -0.39 is 0 Å². The van der Waals surface area contributed by atoms with Crippen molar-refractivity contribution in [2.45, 2.75) is 13.2 Å². The lowest BCUT2D eigenvalue weighted by atomic mass is 10.1. The maximum absolute atomic E-state index is 6.01. The van der Waals surface area contributed by atoms with E-state index in [9.17, 15) is 0 Å². The molecule has 2 aromatic carbocycles. The molecule has 0 aliphatic rings. The van der Waals surface area contributed by atoms with Gasteiger partial charge < -0.3 is 14.8 Å². The largest absolute Gasteiger partial charge is 0.493 e. The van der Waals surface area contributed by atoms with Crippen LogP contribution in [0.5, 0.6) is 11.5 Å². The molecule has 1 heterocycles. The van der Waals surface area contributed by atoms with E-state index >= 15 is 0 Å². The molecule has 7 nitrogen and oxygen atoms in total. The Kier molecular flexibility index (Phi) is 5.12. The second-order valence-corrected chi connectivity index (χ2v) is 5.39. The number of hydrogen-bond acceptors (Lipinski definition) is 6. The highest BCUT2D eigenvalue weighted by Crippen LogP contribution is 2.32. The molecule has 0 saturated carbocycles. The average molecular weight is 346 g/mol. The number of aromatic amines is 1. The Bertz CT molecular complexity index is 795. The Morgan fingerprint density at radius 1 is 1.21 bits per heavy atom. The van der Waals surface area contributed by atoms with Gasteiger partial charge in [-0.2, -0.15) is 5.21 Å². The Morgan fingerprint density at radius 2 is 2.08 bits per heavy atom. The standard InChI is InChI=1S/C16H16ClN5O2/c1-23-14-7-3-5-12(9-18-16-19-21-22-20-16)15(14)24-10-11-4-2-6-13(17)8-11/h2-8H,9-10H2,1H3,(H2,18,19,20,21,22). The van der Waals surface area contributed by atoms with Crippen LogP contribution in [0.2, 0.25) is 5.02 Å². The van der Waals surface area contributed by atoms with Gasteiger partial charge in [-0.25, -0.2) is 0 Å². The number of anilines is 1. The van der Waals surface area contributed by atoms with Gasteiger partial charge in [0, 0.05) is 17.1 Å². The van der Waals surface area contributed by atoms with E-state index in [1.807, 2.05) is 42.5 Å². The minimum Gasteiger partial charge on any atom is -0.493 e. The zero-order chi connectivity index (χ0) is 16.8. The molecule has 0 radical (unpaired) electrons. The summed E-state index contributed by atoms with van der Waals surface area (Å²) in [6.07, 6.45) is 0. The number of nitrogens with one attached hydrogen (secondary N) is 2. The summed E-state index contributed by atoms with van der Waals surface area (Å²) in [6, 6.07) is 13.2. The number of H-pyrrole nitrogens is 1. The zero-order valence-corrected chi connectivity index (χ0v) is 13.7. The predicted octanol–water partition coefficient (Wildman–Crippen LogP) is 3.05. The summed E-state index contributed by atoms with van der Waals surface area (Å²) in [5.74, 6) is 1.74. The van der Waals surface area contributed by atoms with E-state index in [0.29, 0.717) is 35.6 Å². The van der Waals surface area contributed by atoms with E-state index in [2.05, 4.69) is 25.9 Å². The van der Waals surface area contributed by atoms with Gasteiger partial charge in [0.2, 0.25) is 0 Å². The van der Waals surface area contributed by atoms with Crippen LogP contribution in [0.4, 0.5) is 5.95 Å². The van der Waals surface area contributed by atoms with Crippen molar-refractivity contribution in [3.8, 4) is 11.5 Å². The lowest BCUT2D eigenvalue weighted by Gasteiger charge is -2.15. The molecule has 0 bridgehead atoms. The summed E-state index contributed by atoms with van der Waals surface area (Å²) in [7, 11) is 1.61. The highest BCUT2D eigenvalue weighted by molar-refractivity contribution is 6.30. The minimum absolute atomic E-state index is 0.385. The number of halogens is 1. The molecule has 24 heavy (non-hydrogen) atoms. The minimum atomic E-state index is 0.385. The number of benzene rings is 2. The first-order valence-electron chi connectivity index (χ1n) is 7.26. The smallest absolute Gasteiger partial charge is 0.263 e. The van der Waals surface area contributed by atoms with Crippen molar-refractivity contribution >= 4 is 17.5 Å². The number of aromatic nitrogens is 4.